The molecule has 7 atom stereocenters. The Bertz CT molecular complexity index is 989. The minimum Gasteiger partial charge on any atom is -0.469 e. The van der Waals surface area contributed by atoms with Gasteiger partial charge in [0, 0.05) is 32.1 Å². The van der Waals surface area contributed by atoms with Crippen LogP contribution in [0.15, 0.2) is 4.52 Å². The van der Waals surface area contributed by atoms with Crippen LogP contribution in [0.5, 0.6) is 0 Å². The summed E-state index contributed by atoms with van der Waals surface area (Å²) >= 11 is 0. The summed E-state index contributed by atoms with van der Waals surface area (Å²) in [5, 5.41) is 3.90. The van der Waals surface area contributed by atoms with Gasteiger partial charge in [0.25, 0.3) is 5.89 Å². The zero-order chi connectivity index (χ0) is 24.1. The van der Waals surface area contributed by atoms with E-state index in [1.54, 1.807) is 0 Å². The molecule has 10 heteroatoms. The monoisotopic (exact) mass is 462 g/mol. The van der Waals surface area contributed by atoms with E-state index in [1.807, 2.05) is 20.8 Å². The Morgan fingerprint density at radius 1 is 1.21 bits per heavy atom. The van der Waals surface area contributed by atoms with Crippen LogP contribution in [0.1, 0.15) is 71.2 Å². The lowest BCUT2D eigenvalue weighted by molar-refractivity contribution is -0.211. The molecular weight excluding hydrogens is 432 g/mol. The van der Waals surface area contributed by atoms with Crippen molar-refractivity contribution in [1.82, 2.24) is 10.1 Å². The Morgan fingerprint density at radius 3 is 2.55 bits per heavy atom. The number of cyclic esters (lactones) is 1. The summed E-state index contributed by atoms with van der Waals surface area (Å²) < 4.78 is 21.4. The number of rotatable bonds is 4. The first kappa shape index (κ1) is 23.4. The molecule has 0 radical (unpaired) electrons. The number of carbonyl (C=O) groups is 4. The summed E-state index contributed by atoms with van der Waals surface area (Å²) in [6.45, 7) is 6.90. The maximum absolute atomic E-state index is 13.8. The summed E-state index contributed by atoms with van der Waals surface area (Å²) in [5.41, 5.74) is -1.63. The van der Waals surface area contributed by atoms with Crippen molar-refractivity contribution >= 4 is 23.7 Å². The second-order valence-corrected chi connectivity index (χ2v) is 9.88. The molecule has 2 aliphatic carbocycles. The number of ether oxygens (including phenoxy) is 3. The molecule has 0 N–H and O–H groups in total. The van der Waals surface area contributed by atoms with Gasteiger partial charge in [-0.25, -0.2) is 0 Å². The molecule has 180 valence electrons. The number of Topliss-reactive ketones (excluding diaryl/α,β-unsaturated/α-hetero) is 1. The van der Waals surface area contributed by atoms with Crippen molar-refractivity contribution in [3.8, 4) is 0 Å². The fourth-order valence-corrected chi connectivity index (χ4v) is 6.50. The molecule has 0 amide bonds. The lowest BCUT2D eigenvalue weighted by Crippen LogP contribution is -2.64. The number of hydrogen-bond donors (Lipinski definition) is 0. The van der Waals surface area contributed by atoms with E-state index in [0.717, 1.165) is 0 Å². The van der Waals surface area contributed by atoms with Crippen LogP contribution in [0, 0.1) is 28.6 Å². The molecule has 0 unspecified atom stereocenters. The minimum atomic E-state index is -1.08. The number of fused-ring (bicyclic) bond motifs is 3. The van der Waals surface area contributed by atoms with Gasteiger partial charge in [-0.1, -0.05) is 25.9 Å². The quantitative estimate of drug-likeness (QED) is 0.484. The molecule has 1 saturated heterocycles. The first-order chi connectivity index (χ1) is 15.5. The number of methoxy groups -OCH3 is 1. The highest BCUT2D eigenvalue weighted by Crippen LogP contribution is 2.65. The van der Waals surface area contributed by atoms with E-state index in [-0.39, 0.29) is 24.5 Å². The van der Waals surface area contributed by atoms with Crippen LogP contribution in [0.3, 0.4) is 0 Å². The van der Waals surface area contributed by atoms with Gasteiger partial charge < -0.3 is 18.7 Å². The van der Waals surface area contributed by atoms with Crippen molar-refractivity contribution in [2.45, 2.75) is 72.0 Å². The van der Waals surface area contributed by atoms with Crippen molar-refractivity contribution in [2.24, 2.45) is 28.6 Å². The van der Waals surface area contributed by atoms with Crippen LogP contribution in [-0.4, -0.2) is 47.0 Å². The molecular formula is C23H30N2O8. The maximum Gasteiger partial charge on any atom is 0.310 e. The van der Waals surface area contributed by atoms with Gasteiger partial charge in [0.05, 0.1) is 18.9 Å². The third-order valence-electron chi connectivity index (χ3n) is 7.97. The van der Waals surface area contributed by atoms with E-state index in [4.69, 9.17) is 18.7 Å². The number of aryl methyl sites for hydroxylation is 1. The standard InChI is InChI=1S/C23H30N2O8/c1-6-16-24-19(33-25-16)15-10-23(4)12(21(29)32-15)7-8-22(3)13(20(28)30-5)9-14(31-11(2)26)17(27)18(22)23/h12-15,18H,6-10H2,1-5H3/t12-,13-,14-,15-,18-,22-,23-/m0/s1. The van der Waals surface area contributed by atoms with Gasteiger partial charge in [-0.05, 0) is 23.7 Å². The van der Waals surface area contributed by atoms with Crippen molar-refractivity contribution < 1.29 is 37.9 Å². The Labute approximate surface area is 191 Å². The van der Waals surface area contributed by atoms with Gasteiger partial charge in [0.15, 0.2) is 23.8 Å². The first-order valence-electron chi connectivity index (χ1n) is 11.4. The normalized spacial score (nSPS) is 38.0. The molecule has 33 heavy (non-hydrogen) atoms. The Morgan fingerprint density at radius 2 is 1.94 bits per heavy atom. The third kappa shape index (κ3) is 3.63. The second kappa shape index (κ2) is 8.22. The molecule has 3 aliphatic rings. The third-order valence-corrected chi connectivity index (χ3v) is 7.97. The van der Waals surface area contributed by atoms with Crippen molar-refractivity contribution in [1.29, 1.82) is 0 Å². The SMILES string of the molecule is CCc1noc([C@@H]2C[C@]3(C)[C@H]4C(=O)[C@@H](OC(C)=O)C[C@@H](C(=O)OC)[C@]4(C)CC[C@H]3C(=O)O2)n1. The number of ketones is 1. The highest BCUT2D eigenvalue weighted by Gasteiger charge is 2.68. The van der Waals surface area contributed by atoms with Gasteiger partial charge in [0.2, 0.25) is 0 Å². The van der Waals surface area contributed by atoms with Crippen LogP contribution in [0.25, 0.3) is 0 Å². The molecule has 4 rings (SSSR count). The topological polar surface area (TPSA) is 135 Å². The fraction of sp³-hybridized carbons (Fsp3) is 0.739. The Balaban J connectivity index is 1.78. The van der Waals surface area contributed by atoms with Gasteiger partial charge in [-0.15, -0.1) is 0 Å². The lowest BCUT2D eigenvalue weighted by Gasteiger charge is -2.60. The van der Waals surface area contributed by atoms with E-state index in [0.29, 0.717) is 25.1 Å². The fourth-order valence-electron chi connectivity index (χ4n) is 6.50. The Hall–Kier alpha value is -2.78. The van der Waals surface area contributed by atoms with Crippen LogP contribution in [-0.2, 0) is 39.8 Å². The largest absolute Gasteiger partial charge is 0.469 e. The number of esters is 3. The predicted octanol–water partition coefficient (Wildman–Crippen LogP) is 2.35. The summed E-state index contributed by atoms with van der Waals surface area (Å²) in [4.78, 5) is 55.8. The van der Waals surface area contributed by atoms with E-state index in [2.05, 4.69) is 10.1 Å². The predicted molar refractivity (Wildman–Crippen MR) is 110 cm³/mol. The van der Waals surface area contributed by atoms with Gasteiger partial charge in [0.1, 0.15) is 0 Å². The molecule has 1 aromatic heterocycles. The number of nitrogens with zero attached hydrogens (tertiary/aromatic N) is 2. The molecule has 10 nitrogen and oxygen atoms in total. The highest BCUT2D eigenvalue weighted by atomic mass is 16.6. The number of aromatic nitrogens is 2. The van der Waals surface area contributed by atoms with Crippen LogP contribution in [0.2, 0.25) is 0 Å². The maximum atomic E-state index is 13.8. The van der Waals surface area contributed by atoms with Gasteiger partial charge in [-0.2, -0.15) is 4.98 Å². The average Bonchev–Trinajstić information content (AvgIpc) is 3.23. The van der Waals surface area contributed by atoms with Gasteiger partial charge in [-0.3, -0.25) is 19.2 Å². The first-order valence-corrected chi connectivity index (χ1v) is 11.4. The lowest BCUT2D eigenvalue weighted by atomic mass is 9.43. The van der Waals surface area contributed by atoms with Gasteiger partial charge >= 0.3 is 17.9 Å². The number of hydrogen-bond acceptors (Lipinski definition) is 10. The summed E-state index contributed by atoms with van der Waals surface area (Å²) in [7, 11) is 1.31. The summed E-state index contributed by atoms with van der Waals surface area (Å²) in [5.74, 6) is -2.98. The molecule has 0 bridgehead atoms. The smallest absolute Gasteiger partial charge is 0.310 e. The zero-order valence-electron chi connectivity index (χ0n) is 19.6. The molecule has 3 fully saturated rings. The van der Waals surface area contributed by atoms with E-state index in [1.165, 1.54) is 14.0 Å². The molecule has 2 saturated carbocycles. The summed E-state index contributed by atoms with van der Waals surface area (Å²) in [6, 6.07) is 0. The van der Waals surface area contributed by atoms with E-state index < -0.39 is 58.7 Å². The zero-order valence-corrected chi connectivity index (χ0v) is 19.6. The average molecular weight is 462 g/mol. The van der Waals surface area contributed by atoms with Crippen LogP contribution >= 0.6 is 0 Å². The van der Waals surface area contributed by atoms with Crippen molar-refractivity contribution in [2.75, 3.05) is 7.11 Å². The molecule has 2 heterocycles. The number of carbonyl (C=O) groups excluding carboxylic acids is 4. The van der Waals surface area contributed by atoms with Crippen LogP contribution in [0.4, 0.5) is 0 Å². The highest BCUT2D eigenvalue weighted by molar-refractivity contribution is 5.93. The van der Waals surface area contributed by atoms with E-state index in [9.17, 15) is 19.2 Å². The van der Waals surface area contributed by atoms with Crippen molar-refractivity contribution in [3.05, 3.63) is 11.7 Å². The molecule has 1 aromatic rings. The molecule has 1 aliphatic heterocycles. The van der Waals surface area contributed by atoms with Crippen LogP contribution < -0.4 is 0 Å². The molecule has 0 spiro atoms. The minimum absolute atomic E-state index is 0.0657. The summed E-state index contributed by atoms with van der Waals surface area (Å²) in [6.07, 6.45) is -0.0282. The van der Waals surface area contributed by atoms with Crippen molar-refractivity contribution in [3.63, 3.8) is 0 Å². The Kier molecular flexibility index (Phi) is 5.82. The second-order valence-electron chi connectivity index (χ2n) is 9.88. The van der Waals surface area contributed by atoms with E-state index >= 15 is 0 Å². The molecule has 0 aromatic carbocycles.